The number of carbonyl (C=O) groups is 2. The average molecular weight is 191 g/mol. The van der Waals surface area contributed by atoms with Gasteiger partial charge in [-0.05, 0) is 6.42 Å². The van der Waals surface area contributed by atoms with Crippen LogP contribution in [0.3, 0.4) is 0 Å². The number of rotatable bonds is 5. The van der Waals surface area contributed by atoms with Crippen molar-refractivity contribution in [2.75, 3.05) is 0 Å². The Hall–Kier alpha value is -1.18. The maximum atomic E-state index is 10.9. The molecule has 0 rings (SSSR count). The topological polar surface area (TPSA) is 142 Å². The molecule has 0 bridgehead atoms. The number of carboxylic acids is 1. The lowest BCUT2D eigenvalue weighted by Crippen LogP contribution is -2.42. The fraction of sp³-hybridized carbons (Fsp3) is 0.667. The van der Waals surface area contributed by atoms with Gasteiger partial charge in [-0.15, -0.1) is 0 Å². The van der Waals surface area contributed by atoms with Crippen LogP contribution in [0.25, 0.3) is 0 Å². The molecule has 0 unspecified atom stereocenters. The molecule has 1 atom stereocenters. The van der Waals surface area contributed by atoms with Gasteiger partial charge in [0.1, 0.15) is 6.04 Å². The van der Waals surface area contributed by atoms with Gasteiger partial charge in [-0.2, -0.15) is 0 Å². The molecule has 0 aromatic rings. The Morgan fingerprint density at radius 1 is 1.31 bits per heavy atom. The van der Waals surface area contributed by atoms with Crippen molar-refractivity contribution in [2.45, 2.75) is 25.2 Å². The van der Waals surface area contributed by atoms with Gasteiger partial charge >= 0.3 is 11.9 Å². The molecule has 0 aromatic heterocycles. The minimum Gasteiger partial charge on any atom is -0.481 e. The van der Waals surface area contributed by atoms with Crippen LogP contribution in [0, 0.1) is 0 Å². The molecule has 0 spiro atoms. The van der Waals surface area contributed by atoms with Crippen LogP contribution in [0.4, 0.5) is 0 Å². The van der Waals surface area contributed by atoms with Gasteiger partial charge in [-0.1, -0.05) is 0 Å². The number of carboxylic acid groups (broad SMARTS) is 1. The number of hydrogen-bond donors (Lipinski definition) is 4. The third-order valence-corrected chi connectivity index (χ3v) is 1.22. The molecular formula is C6H13N3O4. The van der Waals surface area contributed by atoms with Crippen molar-refractivity contribution in [2.24, 2.45) is 17.2 Å². The molecule has 7 nitrogen and oxygen atoms in total. The van der Waals surface area contributed by atoms with E-state index >= 15 is 0 Å². The number of hydrogen-bond acceptors (Lipinski definition) is 6. The van der Waals surface area contributed by atoms with Crippen LogP contribution in [0.2, 0.25) is 0 Å². The summed E-state index contributed by atoms with van der Waals surface area (Å²) in [5.41, 5.74) is 15.2. The predicted molar refractivity (Wildman–Crippen MR) is 43.1 cm³/mol. The van der Waals surface area contributed by atoms with Crippen molar-refractivity contribution in [3.05, 3.63) is 0 Å². The molecule has 0 aliphatic rings. The first-order valence-electron chi connectivity index (χ1n) is 3.62. The highest BCUT2D eigenvalue weighted by atomic mass is 16.6. The normalized spacial score (nSPS) is 12.6. The maximum Gasteiger partial charge on any atom is 0.325 e. The molecule has 13 heavy (non-hydrogen) atoms. The monoisotopic (exact) mass is 191 g/mol. The van der Waals surface area contributed by atoms with Crippen molar-refractivity contribution >= 4 is 11.9 Å². The molecule has 7 heteroatoms. The third kappa shape index (κ3) is 6.02. The lowest BCUT2D eigenvalue weighted by atomic mass is 10.2. The van der Waals surface area contributed by atoms with Gasteiger partial charge < -0.3 is 15.6 Å². The number of ether oxygens (including phenoxy) is 1. The number of carbonyl (C=O) groups excluding carboxylic acids is 1. The van der Waals surface area contributed by atoms with E-state index in [0.717, 1.165) is 0 Å². The summed E-state index contributed by atoms with van der Waals surface area (Å²) in [5.74, 6) is -1.82. The largest absolute Gasteiger partial charge is 0.481 e. The number of nitrogens with two attached hydrogens (primary N) is 3. The van der Waals surface area contributed by atoms with E-state index in [-0.39, 0.29) is 12.8 Å². The van der Waals surface area contributed by atoms with E-state index in [1.807, 2.05) is 0 Å². The summed E-state index contributed by atoms with van der Waals surface area (Å²) >= 11 is 0. The standard InChI is InChI=1S/C6H13N3O4/c7-3(1-2-4(10)11)5(12)13-6(8)9/h3,6H,1-2,7-9H2,(H,10,11)/t3-/m0/s1. The zero-order valence-electron chi connectivity index (χ0n) is 6.97. The molecule has 0 radical (unpaired) electrons. The second-order valence-electron chi connectivity index (χ2n) is 2.44. The van der Waals surface area contributed by atoms with E-state index in [9.17, 15) is 9.59 Å². The van der Waals surface area contributed by atoms with E-state index in [0.29, 0.717) is 0 Å². The van der Waals surface area contributed by atoms with Crippen LogP contribution < -0.4 is 17.2 Å². The van der Waals surface area contributed by atoms with E-state index in [1.165, 1.54) is 0 Å². The molecule has 0 amide bonds. The van der Waals surface area contributed by atoms with Gasteiger partial charge in [0.2, 0.25) is 6.35 Å². The van der Waals surface area contributed by atoms with Crippen LogP contribution in [0.1, 0.15) is 12.8 Å². The summed E-state index contributed by atoms with van der Waals surface area (Å²) in [7, 11) is 0. The van der Waals surface area contributed by atoms with E-state index in [1.54, 1.807) is 0 Å². The van der Waals surface area contributed by atoms with Gasteiger partial charge in [0, 0.05) is 6.42 Å². The zero-order valence-corrected chi connectivity index (χ0v) is 6.97. The lowest BCUT2D eigenvalue weighted by molar-refractivity contribution is -0.150. The van der Waals surface area contributed by atoms with Crippen molar-refractivity contribution < 1.29 is 19.4 Å². The van der Waals surface area contributed by atoms with E-state index in [4.69, 9.17) is 22.3 Å². The minimum absolute atomic E-state index is 0.000880. The Labute approximate surface area is 74.8 Å². The van der Waals surface area contributed by atoms with Crippen LogP contribution in [-0.4, -0.2) is 29.4 Å². The average Bonchev–Trinajstić information content (AvgIpc) is 1.98. The maximum absolute atomic E-state index is 10.9. The molecule has 0 heterocycles. The van der Waals surface area contributed by atoms with Crippen molar-refractivity contribution in [1.82, 2.24) is 0 Å². The van der Waals surface area contributed by atoms with Crippen molar-refractivity contribution in [1.29, 1.82) is 0 Å². The second kappa shape index (κ2) is 5.46. The summed E-state index contributed by atoms with van der Waals surface area (Å²) in [4.78, 5) is 21.0. The first-order chi connectivity index (χ1) is 5.93. The molecule has 0 saturated heterocycles. The Bertz CT molecular complexity index is 194. The van der Waals surface area contributed by atoms with Crippen LogP contribution in [0.5, 0.6) is 0 Å². The van der Waals surface area contributed by atoms with Crippen molar-refractivity contribution in [3.8, 4) is 0 Å². The van der Waals surface area contributed by atoms with Crippen molar-refractivity contribution in [3.63, 3.8) is 0 Å². The first kappa shape index (κ1) is 11.8. The summed E-state index contributed by atoms with van der Waals surface area (Å²) < 4.78 is 4.34. The van der Waals surface area contributed by atoms with Crippen LogP contribution in [-0.2, 0) is 14.3 Å². The minimum atomic E-state index is -1.22. The zero-order chi connectivity index (χ0) is 10.4. The molecule has 7 N–H and O–H groups in total. The SMILES string of the molecule is NC(N)OC(=O)[C@@H](N)CCC(=O)O. The first-order valence-corrected chi connectivity index (χ1v) is 3.62. The summed E-state index contributed by atoms with van der Waals surface area (Å²) in [6, 6.07) is -0.995. The van der Waals surface area contributed by atoms with Gasteiger partial charge in [0.25, 0.3) is 0 Å². The van der Waals surface area contributed by atoms with E-state index < -0.39 is 24.3 Å². The Kier molecular flexibility index (Phi) is 4.97. The number of aliphatic carboxylic acids is 1. The lowest BCUT2D eigenvalue weighted by Gasteiger charge is -2.12. The predicted octanol–water partition coefficient (Wildman–Crippen LogP) is -2.08. The molecule has 0 fully saturated rings. The molecule has 0 saturated carbocycles. The summed E-state index contributed by atoms with van der Waals surface area (Å²) in [5, 5.41) is 8.27. The van der Waals surface area contributed by atoms with Crippen LogP contribution >= 0.6 is 0 Å². The second-order valence-corrected chi connectivity index (χ2v) is 2.44. The quantitative estimate of drug-likeness (QED) is 0.288. The van der Waals surface area contributed by atoms with Gasteiger partial charge in [-0.3, -0.25) is 21.1 Å². The Morgan fingerprint density at radius 3 is 2.23 bits per heavy atom. The molecular weight excluding hydrogens is 178 g/mol. The summed E-state index contributed by atoms with van der Waals surface area (Å²) in [6.45, 7) is 0. The molecule has 0 aliphatic heterocycles. The summed E-state index contributed by atoms with van der Waals surface area (Å²) in [6.07, 6.45) is -1.42. The highest BCUT2D eigenvalue weighted by Crippen LogP contribution is 1.97. The fourth-order valence-corrected chi connectivity index (χ4v) is 0.618. The highest BCUT2D eigenvalue weighted by Gasteiger charge is 2.17. The molecule has 0 aromatic carbocycles. The Balaban J connectivity index is 3.76. The number of esters is 1. The van der Waals surface area contributed by atoms with E-state index in [2.05, 4.69) is 4.74 Å². The van der Waals surface area contributed by atoms with Gasteiger partial charge in [-0.25, -0.2) is 0 Å². The Morgan fingerprint density at radius 2 is 1.85 bits per heavy atom. The molecule has 0 aliphatic carbocycles. The molecule has 76 valence electrons. The van der Waals surface area contributed by atoms with Gasteiger partial charge in [0.15, 0.2) is 0 Å². The highest BCUT2D eigenvalue weighted by molar-refractivity contribution is 5.76. The van der Waals surface area contributed by atoms with Crippen LogP contribution in [0.15, 0.2) is 0 Å². The third-order valence-electron chi connectivity index (χ3n) is 1.22. The smallest absolute Gasteiger partial charge is 0.325 e. The fourth-order valence-electron chi connectivity index (χ4n) is 0.618. The van der Waals surface area contributed by atoms with Gasteiger partial charge in [0.05, 0.1) is 0 Å².